The monoisotopic (exact) mass is 246 g/mol. The summed E-state index contributed by atoms with van der Waals surface area (Å²) in [5.41, 5.74) is 0. The van der Waals surface area contributed by atoms with Crippen LogP contribution in [-0.4, -0.2) is 43.2 Å². The Bertz CT molecular complexity index is 264. The molecule has 0 saturated heterocycles. The minimum absolute atomic E-state index is 0.904. The normalized spacial score (nSPS) is 10.8. The first-order chi connectivity index (χ1) is 7.34. The SMILES string of the molecule is CCSCCSCCCn1nnnc1C. The van der Waals surface area contributed by atoms with E-state index in [-0.39, 0.29) is 0 Å². The maximum Gasteiger partial charge on any atom is 0.148 e. The molecule has 0 bridgehead atoms. The summed E-state index contributed by atoms with van der Waals surface area (Å²) in [6.45, 7) is 5.08. The fourth-order valence-electron chi connectivity index (χ4n) is 1.14. The molecule has 0 radical (unpaired) electrons. The van der Waals surface area contributed by atoms with E-state index in [1.165, 1.54) is 23.0 Å². The lowest BCUT2D eigenvalue weighted by Crippen LogP contribution is -2.04. The summed E-state index contributed by atoms with van der Waals surface area (Å²) in [6.07, 6.45) is 1.15. The highest BCUT2D eigenvalue weighted by atomic mass is 32.2. The van der Waals surface area contributed by atoms with Crippen molar-refractivity contribution < 1.29 is 0 Å². The predicted octanol–water partition coefficient (Wildman–Crippen LogP) is 1.86. The zero-order chi connectivity index (χ0) is 10.9. The number of hydrogen-bond acceptors (Lipinski definition) is 5. The van der Waals surface area contributed by atoms with Crippen molar-refractivity contribution in [2.24, 2.45) is 0 Å². The van der Waals surface area contributed by atoms with Crippen LogP contribution in [0.15, 0.2) is 0 Å². The third-order valence-corrected chi connectivity index (χ3v) is 4.18. The molecule has 0 aliphatic heterocycles. The molecule has 1 heterocycles. The quantitative estimate of drug-likeness (QED) is 0.655. The van der Waals surface area contributed by atoms with Crippen molar-refractivity contribution in [3.05, 3.63) is 5.82 Å². The first kappa shape index (κ1) is 12.8. The Labute approximate surface area is 99.6 Å². The minimum Gasteiger partial charge on any atom is -0.230 e. The number of nitrogens with zero attached hydrogens (tertiary/aromatic N) is 4. The molecule has 0 aromatic carbocycles. The second-order valence-electron chi connectivity index (χ2n) is 3.11. The van der Waals surface area contributed by atoms with E-state index in [9.17, 15) is 0 Å². The van der Waals surface area contributed by atoms with E-state index in [0.717, 1.165) is 18.8 Å². The third kappa shape index (κ3) is 5.41. The van der Waals surface area contributed by atoms with Gasteiger partial charge in [0.25, 0.3) is 0 Å². The van der Waals surface area contributed by atoms with Gasteiger partial charge in [-0.05, 0) is 35.3 Å². The standard InChI is InChI=1S/C9H18N4S2/c1-3-14-7-8-15-6-4-5-13-9(2)10-11-12-13/h3-8H2,1-2H3. The Morgan fingerprint density at radius 1 is 1.20 bits per heavy atom. The number of aryl methyl sites for hydroxylation is 2. The number of thioether (sulfide) groups is 2. The predicted molar refractivity (Wildman–Crippen MR) is 67.5 cm³/mol. The summed E-state index contributed by atoms with van der Waals surface area (Å²) in [6, 6.07) is 0. The minimum atomic E-state index is 0.904. The summed E-state index contributed by atoms with van der Waals surface area (Å²) in [5, 5.41) is 11.4. The molecule has 0 N–H and O–H groups in total. The molecular weight excluding hydrogens is 228 g/mol. The summed E-state index contributed by atoms with van der Waals surface area (Å²) in [7, 11) is 0. The lowest BCUT2D eigenvalue weighted by molar-refractivity contribution is 0.569. The molecule has 6 heteroatoms. The lowest BCUT2D eigenvalue weighted by atomic mass is 10.5. The molecule has 4 nitrogen and oxygen atoms in total. The van der Waals surface area contributed by atoms with Gasteiger partial charge in [0.2, 0.25) is 0 Å². The van der Waals surface area contributed by atoms with Gasteiger partial charge in [-0.25, -0.2) is 4.68 Å². The number of rotatable bonds is 8. The van der Waals surface area contributed by atoms with Gasteiger partial charge < -0.3 is 0 Å². The van der Waals surface area contributed by atoms with Gasteiger partial charge in [0, 0.05) is 18.1 Å². The average Bonchev–Trinajstić information content (AvgIpc) is 2.63. The van der Waals surface area contributed by atoms with Crippen LogP contribution in [0.25, 0.3) is 0 Å². The molecule has 0 saturated carbocycles. The van der Waals surface area contributed by atoms with Crippen molar-refractivity contribution in [3.63, 3.8) is 0 Å². The van der Waals surface area contributed by atoms with Crippen molar-refractivity contribution in [3.8, 4) is 0 Å². The van der Waals surface area contributed by atoms with E-state index in [1.807, 2.05) is 35.1 Å². The van der Waals surface area contributed by atoms with E-state index < -0.39 is 0 Å². The number of aromatic nitrogens is 4. The Balaban J connectivity index is 1.96. The van der Waals surface area contributed by atoms with Gasteiger partial charge in [0.05, 0.1) is 0 Å². The molecular formula is C9H18N4S2. The van der Waals surface area contributed by atoms with Crippen molar-refractivity contribution in [1.29, 1.82) is 0 Å². The van der Waals surface area contributed by atoms with Crippen LogP contribution in [0.4, 0.5) is 0 Å². The first-order valence-corrected chi connectivity index (χ1v) is 7.53. The van der Waals surface area contributed by atoms with Crippen LogP contribution in [0.2, 0.25) is 0 Å². The maximum atomic E-state index is 3.91. The Morgan fingerprint density at radius 3 is 2.67 bits per heavy atom. The molecule has 0 aliphatic carbocycles. The van der Waals surface area contributed by atoms with E-state index in [1.54, 1.807) is 0 Å². The van der Waals surface area contributed by atoms with Gasteiger partial charge in [-0.3, -0.25) is 0 Å². The Kier molecular flexibility index (Phi) is 6.83. The Morgan fingerprint density at radius 2 is 2.00 bits per heavy atom. The van der Waals surface area contributed by atoms with Crippen LogP contribution >= 0.6 is 23.5 Å². The summed E-state index contributed by atoms with van der Waals surface area (Å²) >= 11 is 4.03. The number of hydrogen-bond donors (Lipinski definition) is 0. The van der Waals surface area contributed by atoms with Gasteiger partial charge >= 0.3 is 0 Å². The van der Waals surface area contributed by atoms with Gasteiger partial charge in [0.1, 0.15) is 5.82 Å². The molecule has 1 aromatic heterocycles. The summed E-state index contributed by atoms with van der Waals surface area (Å²) < 4.78 is 1.86. The largest absolute Gasteiger partial charge is 0.230 e. The molecule has 0 unspecified atom stereocenters. The smallest absolute Gasteiger partial charge is 0.148 e. The molecule has 0 atom stereocenters. The molecule has 0 aliphatic rings. The average molecular weight is 246 g/mol. The van der Waals surface area contributed by atoms with Crippen molar-refractivity contribution >= 4 is 23.5 Å². The van der Waals surface area contributed by atoms with Crippen LogP contribution in [0, 0.1) is 6.92 Å². The molecule has 0 amide bonds. The zero-order valence-corrected chi connectivity index (χ0v) is 11.0. The van der Waals surface area contributed by atoms with Crippen LogP contribution < -0.4 is 0 Å². The molecule has 15 heavy (non-hydrogen) atoms. The molecule has 0 fully saturated rings. The van der Waals surface area contributed by atoms with Crippen LogP contribution in [-0.2, 0) is 6.54 Å². The van der Waals surface area contributed by atoms with Crippen molar-refractivity contribution in [2.75, 3.05) is 23.0 Å². The zero-order valence-electron chi connectivity index (χ0n) is 9.35. The highest BCUT2D eigenvalue weighted by Gasteiger charge is 1.98. The van der Waals surface area contributed by atoms with Gasteiger partial charge in [-0.1, -0.05) is 6.92 Å². The highest BCUT2D eigenvalue weighted by molar-refractivity contribution is 8.02. The molecule has 1 rings (SSSR count). The molecule has 0 spiro atoms. The first-order valence-electron chi connectivity index (χ1n) is 5.23. The van der Waals surface area contributed by atoms with Gasteiger partial charge in [-0.15, -0.1) is 5.10 Å². The maximum absolute atomic E-state index is 3.91. The second-order valence-corrected chi connectivity index (χ2v) is 5.73. The van der Waals surface area contributed by atoms with E-state index in [2.05, 4.69) is 22.4 Å². The third-order valence-electron chi connectivity index (χ3n) is 1.95. The van der Waals surface area contributed by atoms with E-state index in [4.69, 9.17) is 0 Å². The van der Waals surface area contributed by atoms with Crippen molar-refractivity contribution in [2.45, 2.75) is 26.8 Å². The second kappa shape index (κ2) is 7.98. The lowest BCUT2D eigenvalue weighted by Gasteiger charge is -2.02. The summed E-state index contributed by atoms with van der Waals surface area (Å²) in [4.78, 5) is 0. The highest BCUT2D eigenvalue weighted by Crippen LogP contribution is 2.08. The molecule has 1 aromatic rings. The van der Waals surface area contributed by atoms with Gasteiger partial charge in [-0.2, -0.15) is 23.5 Å². The van der Waals surface area contributed by atoms with E-state index >= 15 is 0 Å². The van der Waals surface area contributed by atoms with Crippen LogP contribution in [0.3, 0.4) is 0 Å². The fraction of sp³-hybridized carbons (Fsp3) is 0.889. The van der Waals surface area contributed by atoms with E-state index in [0.29, 0.717) is 0 Å². The summed E-state index contributed by atoms with van der Waals surface area (Å²) in [5.74, 6) is 5.85. The fourth-order valence-corrected chi connectivity index (χ4v) is 2.91. The number of tetrazole rings is 1. The van der Waals surface area contributed by atoms with Crippen molar-refractivity contribution in [1.82, 2.24) is 20.2 Å². The van der Waals surface area contributed by atoms with Crippen LogP contribution in [0.5, 0.6) is 0 Å². The van der Waals surface area contributed by atoms with Gasteiger partial charge in [0.15, 0.2) is 0 Å². The molecule has 86 valence electrons. The Hall–Kier alpha value is -0.230. The van der Waals surface area contributed by atoms with Crippen LogP contribution in [0.1, 0.15) is 19.2 Å². The topological polar surface area (TPSA) is 43.6 Å².